The summed E-state index contributed by atoms with van der Waals surface area (Å²) in [7, 11) is 0. The molecule has 2 N–H and O–H groups in total. The van der Waals surface area contributed by atoms with Gasteiger partial charge in [-0.2, -0.15) is 0 Å². The Labute approximate surface area is 163 Å². The fourth-order valence-corrected chi connectivity index (χ4v) is 3.66. The second kappa shape index (κ2) is 7.57. The zero-order chi connectivity index (χ0) is 18.8. The van der Waals surface area contributed by atoms with Crippen molar-refractivity contribution < 1.29 is 19.5 Å². The summed E-state index contributed by atoms with van der Waals surface area (Å²) in [5.74, 6) is -1.51. The highest BCUT2D eigenvalue weighted by Crippen LogP contribution is 2.33. The van der Waals surface area contributed by atoms with Crippen LogP contribution in [0.5, 0.6) is 0 Å². The zero-order valence-electron chi connectivity index (χ0n) is 13.1. The van der Waals surface area contributed by atoms with Crippen LogP contribution < -0.4 is 5.32 Å². The molecule has 1 aliphatic rings. The number of benzene rings is 2. The van der Waals surface area contributed by atoms with Gasteiger partial charge in [-0.1, -0.05) is 35.3 Å². The summed E-state index contributed by atoms with van der Waals surface area (Å²) >= 11 is 12.8. The number of hydrogen-bond donors (Lipinski definition) is 2. The first-order chi connectivity index (χ1) is 12.3. The van der Waals surface area contributed by atoms with E-state index in [1.165, 1.54) is 12.1 Å². The minimum Gasteiger partial charge on any atom is -0.478 e. The Bertz CT molecular complexity index is 906. The Hall–Kier alpha value is -2.22. The molecule has 0 saturated carbocycles. The molecule has 0 radical (unpaired) electrons. The highest BCUT2D eigenvalue weighted by atomic mass is 35.5. The van der Waals surface area contributed by atoms with Crippen LogP contribution in [0.2, 0.25) is 10.0 Å². The average molecular weight is 411 g/mol. The quantitative estimate of drug-likeness (QED) is 0.762. The number of aromatic carboxylic acids is 1. The molecule has 26 heavy (non-hydrogen) atoms. The van der Waals surface area contributed by atoms with E-state index >= 15 is 0 Å². The summed E-state index contributed by atoms with van der Waals surface area (Å²) in [6.07, 6.45) is 0. The third-order valence-electron chi connectivity index (χ3n) is 3.66. The van der Waals surface area contributed by atoms with Gasteiger partial charge in [0.25, 0.3) is 11.1 Å². The predicted octanol–water partition coefficient (Wildman–Crippen LogP) is 4.33. The van der Waals surface area contributed by atoms with Crippen LogP contribution in [-0.2, 0) is 11.3 Å². The number of amides is 2. The van der Waals surface area contributed by atoms with Crippen LogP contribution in [0.1, 0.15) is 15.9 Å². The Morgan fingerprint density at radius 2 is 1.96 bits per heavy atom. The van der Waals surface area contributed by atoms with Crippen LogP contribution >= 0.6 is 35.0 Å². The Morgan fingerprint density at radius 1 is 1.19 bits per heavy atom. The molecular formula is C17H12Cl2N2O4S. The van der Waals surface area contributed by atoms with Gasteiger partial charge in [0.05, 0.1) is 22.8 Å². The topological polar surface area (TPSA) is 86.7 Å². The maximum absolute atomic E-state index is 12.6. The van der Waals surface area contributed by atoms with Crippen molar-refractivity contribution in [2.45, 2.75) is 11.9 Å². The third kappa shape index (κ3) is 3.95. The molecule has 1 saturated heterocycles. The summed E-state index contributed by atoms with van der Waals surface area (Å²) in [6.45, 7) is -0.00670. The number of imide groups is 1. The number of carboxylic acids is 1. The van der Waals surface area contributed by atoms with Gasteiger partial charge in [-0.25, -0.2) is 4.79 Å². The first kappa shape index (κ1) is 18.6. The van der Waals surface area contributed by atoms with Crippen molar-refractivity contribution in [2.75, 3.05) is 5.32 Å². The van der Waals surface area contributed by atoms with Crippen LogP contribution in [0.4, 0.5) is 10.5 Å². The lowest BCUT2D eigenvalue weighted by Crippen LogP contribution is -2.34. The Morgan fingerprint density at radius 3 is 2.69 bits per heavy atom. The van der Waals surface area contributed by atoms with Crippen molar-refractivity contribution in [1.82, 2.24) is 4.90 Å². The first-order valence-corrected chi connectivity index (χ1v) is 9.04. The lowest BCUT2D eigenvalue weighted by atomic mass is 10.1. The summed E-state index contributed by atoms with van der Waals surface area (Å²) in [4.78, 5) is 36.9. The standard InChI is InChI=1S/C17H12Cl2N2O4S/c18-11-4-5-12(19)13(7-11)20-14-15(22)21(17(25)26-14)8-9-2-1-3-10(6-9)16(23)24/h1-7,14,20H,8H2,(H,23,24)/t14-/m1/s1. The average Bonchev–Trinajstić information content (AvgIpc) is 2.86. The van der Waals surface area contributed by atoms with Crippen LogP contribution in [0.3, 0.4) is 0 Å². The fraction of sp³-hybridized carbons (Fsp3) is 0.118. The van der Waals surface area contributed by atoms with E-state index in [9.17, 15) is 14.4 Å². The molecule has 2 amide bonds. The van der Waals surface area contributed by atoms with Crippen molar-refractivity contribution in [2.24, 2.45) is 0 Å². The highest BCUT2D eigenvalue weighted by Gasteiger charge is 2.39. The molecule has 0 aromatic heterocycles. The molecule has 9 heteroatoms. The highest BCUT2D eigenvalue weighted by molar-refractivity contribution is 8.15. The van der Waals surface area contributed by atoms with Gasteiger partial charge < -0.3 is 10.4 Å². The maximum Gasteiger partial charge on any atom is 0.335 e. The molecule has 2 aromatic rings. The van der Waals surface area contributed by atoms with Gasteiger partial charge >= 0.3 is 5.97 Å². The van der Waals surface area contributed by atoms with Crippen molar-refractivity contribution in [3.8, 4) is 0 Å². The van der Waals surface area contributed by atoms with E-state index in [1.54, 1.807) is 30.3 Å². The molecule has 1 aliphatic heterocycles. The summed E-state index contributed by atoms with van der Waals surface area (Å²) < 4.78 is 0. The molecule has 3 rings (SSSR count). The molecule has 0 aliphatic carbocycles. The number of carbonyl (C=O) groups excluding carboxylic acids is 2. The lowest BCUT2D eigenvalue weighted by Gasteiger charge is -2.16. The van der Waals surface area contributed by atoms with Crippen LogP contribution in [0.15, 0.2) is 42.5 Å². The van der Waals surface area contributed by atoms with Crippen molar-refractivity contribution in [3.63, 3.8) is 0 Å². The van der Waals surface area contributed by atoms with Gasteiger partial charge in [0.15, 0.2) is 5.37 Å². The van der Waals surface area contributed by atoms with Crippen LogP contribution in [-0.4, -0.2) is 32.5 Å². The smallest absolute Gasteiger partial charge is 0.335 e. The van der Waals surface area contributed by atoms with Crippen LogP contribution in [0, 0.1) is 0 Å². The van der Waals surface area contributed by atoms with E-state index in [2.05, 4.69) is 5.32 Å². The van der Waals surface area contributed by atoms with E-state index in [-0.39, 0.29) is 12.1 Å². The van der Waals surface area contributed by atoms with Gasteiger partial charge in [0, 0.05) is 5.02 Å². The fourth-order valence-electron chi connectivity index (χ4n) is 2.41. The number of anilines is 1. The summed E-state index contributed by atoms with van der Waals surface area (Å²) in [6, 6.07) is 10.9. The second-order valence-corrected chi connectivity index (χ2v) is 7.36. The molecule has 0 spiro atoms. The minimum atomic E-state index is -1.07. The number of rotatable bonds is 5. The maximum atomic E-state index is 12.6. The number of hydrogen-bond acceptors (Lipinski definition) is 5. The first-order valence-electron chi connectivity index (χ1n) is 7.41. The Kier molecular flexibility index (Phi) is 5.41. The molecule has 1 atom stereocenters. The van der Waals surface area contributed by atoms with E-state index in [0.29, 0.717) is 21.3 Å². The molecule has 1 fully saturated rings. The molecule has 0 unspecified atom stereocenters. The summed E-state index contributed by atoms with van der Waals surface area (Å²) in [5, 5.41) is 11.5. The monoisotopic (exact) mass is 410 g/mol. The molecule has 0 bridgehead atoms. The van der Waals surface area contributed by atoms with Gasteiger partial charge in [0.1, 0.15) is 0 Å². The van der Waals surface area contributed by atoms with E-state index in [0.717, 1.165) is 16.7 Å². The van der Waals surface area contributed by atoms with Crippen LogP contribution in [0.25, 0.3) is 0 Å². The van der Waals surface area contributed by atoms with Gasteiger partial charge in [-0.3, -0.25) is 14.5 Å². The molecule has 6 nitrogen and oxygen atoms in total. The number of carbonyl (C=O) groups is 3. The van der Waals surface area contributed by atoms with Gasteiger partial charge in [-0.05, 0) is 47.7 Å². The predicted molar refractivity (Wildman–Crippen MR) is 101 cm³/mol. The van der Waals surface area contributed by atoms with E-state index in [4.69, 9.17) is 28.3 Å². The van der Waals surface area contributed by atoms with Crippen molar-refractivity contribution >= 4 is 57.8 Å². The second-order valence-electron chi connectivity index (χ2n) is 5.46. The number of nitrogens with zero attached hydrogens (tertiary/aromatic N) is 1. The normalized spacial score (nSPS) is 16.8. The number of carboxylic acid groups (broad SMARTS) is 1. The van der Waals surface area contributed by atoms with Gasteiger partial charge in [-0.15, -0.1) is 0 Å². The molecular weight excluding hydrogens is 399 g/mol. The molecule has 134 valence electrons. The third-order valence-corrected chi connectivity index (χ3v) is 5.20. The minimum absolute atomic E-state index is 0.00670. The summed E-state index contributed by atoms with van der Waals surface area (Å²) in [5.41, 5.74) is 1.09. The number of halogens is 2. The number of thioether (sulfide) groups is 1. The van der Waals surface area contributed by atoms with E-state index < -0.39 is 22.5 Å². The Balaban J connectivity index is 1.76. The van der Waals surface area contributed by atoms with Crippen molar-refractivity contribution in [3.05, 3.63) is 63.6 Å². The zero-order valence-corrected chi connectivity index (χ0v) is 15.4. The van der Waals surface area contributed by atoms with E-state index in [1.807, 2.05) is 0 Å². The van der Waals surface area contributed by atoms with Crippen molar-refractivity contribution in [1.29, 1.82) is 0 Å². The largest absolute Gasteiger partial charge is 0.478 e. The molecule has 2 aromatic carbocycles. The lowest BCUT2D eigenvalue weighted by molar-refractivity contribution is -0.126. The SMILES string of the molecule is O=C(O)c1cccc(CN2C(=O)S[C@@H](Nc3cc(Cl)ccc3Cl)C2=O)c1. The van der Waals surface area contributed by atoms with Gasteiger partial charge in [0.2, 0.25) is 0 Å². The molecule has 1 heterocycles. The number of nitrogens with one attached hydrogen (secondary N) is 1.